The van der Waals surface area contributed by atoms with Gasteiger partial charge in [-0.3, -0.25) is 0 Å². The van der Waals surface area contributed by atoms with Gasteiger partial charge in [0.1, 0.15) is 0 Å². The molecule has 0 radical (unpaired) electrons. The van der Waals surface area contributed by atoms with Gasteiger partial charge in [0.25, 0.3) is 0 Å². The Labute approximate surface area is 63.8 Å². The lowest BCUT2D eigenvalue weighted by Crippen LogP contribution is -1.88. The van der Waals surface area contributed by atoms with E-state index >= 15 is 0 Å². The van der Waals surface area contributed by atoms with Crippen LogP contribution in [0.15, 0.2) is 11.6 Å². The summed E-state index contributed by atoms with van der Waals surface area (Å²) in [5.41, 5.74) is 1.30. The van der Waals surface area contributed by atoms with Crippen molar-refractivity contribution in [2.45, 2.75) is 33.6 Å². The highest BCUT2D eigenvalue weighted by Gasteiger charge is 1.93. The van der Waals surface area contributed by atoms with Crippen LogP contribution in [0.2, 0.25) is 0 Å². The summed E-state index contributed by atoms with van der Waals surface area (Å²) in [5.74, 6) is 0.766. The van der Waals surface area contributed by atoms with E-state index in [2.05, 4.69) is 20.8 Å². The third-order valence-corrected chi connectivity index (χ3v) is 1.56. The third kappa shape index (κ3) is 5.83. The second-order valence-electron chi connectivity index (χ2n) is 3.17. The van der Waals surface area contributed by atoms with Crippen LogP contribution in [-0.2, 0) is 0 Å². The molecule has 0 saturated carbocycles. The molecule has 0 aliphatic heterocycles. The van der Waals surface area contributed by atoms with Gasteiger partial charge in [-0.1, -0.05) is 25.5 Å². The predicted octanol–water partition coefficient (Wildman–Crippen LogP) is 2.36. The first kappa shape index (κ1) is 9.70. The molecule has 0 atom stereocenters. The third-order valence-electron chi connectivity index (χ3n) is 1.56. The van der Waals surface area contributed by atoms with E-state index < -0.39 is 0 Å². The second-order valence-corrected chi connectivity index (χ2v) is 3.17. The molecule has 10 heavy (non-hydrogen) atoms. The quantitative estimate of drug-likeness (QED) is 0.597. The second kappa shape index (κ2) is 5.48. The Kier molecular flexibility index (Phi) is 5.32. The number of hydrogen-bond donors (Lipinski definition) is 1. The zero-order valence-corrected chi connectivity index (χ0v) is 7.22. The molecule has 1 N–H and O–H groups in total. The molecule has 0 unspecified atom stereocenters. The van der Waals surface area contributed by atoms with E-state index in [-0.39, 0.29) is 6.61 Å². The normalized spacial score (nSPS) is 12.7. The van der Waals surface area contributed by atoms with Crippen LogP contribution in [0.4, 0.5) is 0 Å². The Morgan fingerprint density at radius 2 is 2.10 bits per heavy atom. The minimum Gasteiger partial charge on any atom is -0.392 e. The van der Waals surface area contributed by atoms with Crippen LogP contribution in [0.25, 0.3) is 0 Å². The topological polar surface area (TPSA) is 20.2 Å². The molecule has 0 aromatic rings. The first-order chi connectivity index (χ1) is 4.66. The van der Waals surface area contributed by atoms with E-state index in [0.717, 1.165) is 12.3 Å². The van der Waals surface area contributed by atoms with Crippen molar-refractivity contribution in [2.24, 2.45) is 5.92 Å². The monoisotopic (exact) mass is 142 g/mol. The smallest absolute Gasteiger partial charge is 0.0614 e. The minimum absolute atomic E-state index is 0.184. The molecule has 1 nitrogen and oxygen atoms in total. The van der Waals surface area contributed by atoms with Crippen LogP contribution in [0, 0.1) is 5.92 Å². The summed E-state index contributed by atoms with van der Waals surface area (Å²) in [7, 11) is 0. The zero-order chi connectivity index (χ0) is 7.98. The Balaban J connectivity index is 3.39. The minimum atomic E-state index is 0.184. The van der Waals surface area contributed by atoms with Gasteiger partial charge in [-0.2, -0.15) is 0 Å². The molecule has 0 aliphatic carbocycles. The highest BCUT2D eigenvalue weighted by Crippen LogP contribution is 2.09. The fraction of sp³-hybridized carbons (Fsp3) is 0.778. The van der Waals surface area contributed by atoms with E-state index in [0.29, 0.717) is 0 Å². The van der Waals surface area contributed by atoms with Crippen LogP contribution >= 0.6 is 0 Å². The van der Waals surface area contributed by atoms with Crippen molar-refractivity contribution < 1.29 is 5.11 Å². The summed E-state index contributed by atoms with van der Waals surface area (Å²) >= 11 is 0. The molecule has 60 valence electrons. The van der Waals surface area contributed by atoms with Crippen molar-refractivity contribution in [1.29, 1.82) is 0 Å². The van der Waals surface area contributed by atoms with Crippen molar-refractivity contribution in [1.82, 2.24) is 0 Å². The van der Waals surface area contributed by atoms with Gasteiger partial charge in [-0.05, 0) is 25.7 Å². The molecule has 0 aliphatic rings. The largest absolute Gasteiger partial charge is 0.392 e. The number of rotatable bonds is 4. The van der Waals surface area contributed by atoms with Crippen LogP contribution in [-0.4, -0.2) is 11.7 Å². The molecule has 0 heterocycles. The first-order valence-corrected chi connectivity index (χ1v) is 3.93. The van der Waals surface area contributed by atoms with Gasteiger partial charge in [0, 0.05) is 0 Å². The van der Waals surface area contributed by atoms with Gasteiger partial charge < -0.3 is 5.11 Å². The number of aliphatic hydroxyl groups excluding tert-OH is 1. The van der Waals surface area contributed by atoms with E-state index in [4.69, 9.17) is 5.11 Å². The maximum Gasteiger partial charge on any atom is 0.0614 e. The van der Waals surface area contributed by atoms with E-state index in [1.165, 1.54) is 12.0 Å². The van der Waals surface area contributed by atoms with E-state index in [1.807, 2.05) is 6.08 Å². The summed E-state index contributed by atoms with van der Waals surface area (Å²) in [6, 6.07) is 0. The number of aliphatic hydroxyl groups is 1. The molecule has 0 aromatic heterocycles. The maximum absolute atomic E-state index is 8.53. The van der Waals surface area contributed by atoms with Gasteiger partial charge >= 0.3 is 0 Å². The lowest BCUT2D eigenvalue weighted by atomic mass is 10.0. The molecule has 0 fully saturated rings. The Hall–Kier alpha value is -0.300. The van der Waals surface area contributed by atoms with Crippen LogP contribution in [0.1, 0.15) is 33.6 Å². The molecule has 0 bridgehead atoms. The maximum atomic E-state index is 8.53. The fourth-order valence-electron chi connectivity index (χ4n) is 0.774. The molecular formula is C9H18O. The van der Waals surface area contributed by atoms with Crippen LogP contribution in [0.3, 0.4) is 0 Å². The predicted molar refractivity (Wildman–Crippen MR) is 44.9 cm³/mol. The summed E-state index contributed by atoms with van der Waals surface area (Å²) < 4.78 is 0. The SMILES string of the molecule is C/C(=C/CO)CCC(C)C. The Bertz CT molecular complexity index is 103. The lowest BCUT2D eigenvalue weighted by molar-refractivity contribution is 0.341. The Morgan fingerprint density at radius 1 is 1.50 bits per heavy atom. The van der Waals surface area contributed by atoms with Crippen LogP contribution in [0.5, 0.6) is 0 Å². The van der Waals surface area contributed by atoms with Crippen LogP contribution < -0.4 is 0 Å². The van der Waals surface area contributed by atoms with Gasteiger partial charge in [-0.15, -0.1) is 0 Å². The standard InChI is InChI=1S/C9H18O/c1-8(2)4-5-9(3)6-7-10/h6,8,10H,4-5,7H2,1-3H3/b9-6-. The van der Waals surface area contributed by atoms with Crippen molar-refractivity contribution in [3.8, 4) is 0 Å². The molecular weight excluding hydrogens is 124 g/mol. The van der Waals surface area contributed by atoms with E-state index in [9.17, 15) is 0 Å². The van der Waals surface area contributed by atoms with Gasteiger partial charge in [0.2, 0.25) is 0 Å². The summed E-state index contributed by atoms with van der Waals surface area (Å²) in [5, 5.41) is 8.53. The molecule has 0 amide bonds. The van der Waals surface area contributed by atoms with Gasteiger partial charge in [-0.25, -0.2) is 0 Å². The summed E-state index contributed by atoms with van der Waals surface area (Å²) in [4.78, 5) is 0. The molecule has 1 heteroatoms. The van der Waals surface area contributed by atoms with E-state index in [1.54, 1.807) is 0 Å². The first-order valence-electron chi connectivity index (χ1n) is 3.93. The fourth-order valence-corrected chi connectivity index (χ4v) is 0.774. The average molecular weight is 142 g/mol. The molecule has 0 rings (SSSR count). The summed E-state index contributed by atoms with van der Waals surface area (Å²) in [6.07, 6.45) is 4.23. The number of hydrogen-bond acceptors (Lipinski definition) is 1. The van der Waals surface area contributed by atoms with Crippen molar-refractivity contribution >= 4 is 0 Å². The highest BCUT2D eigenvalue weighted by atomic mass is 16.2. The van der Waals surface area contributed by atoms with Crippen molar-refractivity contribution in [2.75, 3.05) is 6.61 Å². The Morgan fingerprint density at radius 3 is 2.50 bits per heavy atom. The average Bonchev–Trinajstić information content (AvgIpc) is 1.85. The highest BCUT2D eigenvalue weighted by molar-refractivity contribution is 4.97. The summed E-state index contributed by atoms with van der Waals surface area (Å²) in [6.45, 7) is 6.68. The van der Waals surface area contributed by atoms with Gasteiger partial charge in [0.05, 0.1) is 6.61 Å². The van der Waals surface area contributed by atoms with Crippen molar-refractivity contribution in [3.05, 3.63) is 11.6 Å². The molecule has 0 spiro atoms. The van der Waals surface area contributed by atoms with Crippen molar-refractivity contribution in [3.63, 3.8) is 0 Å². The molecule has 0 saturated heterocycles. The molecule has 0 aromatic carbocycles. The lowest BCUT2D eigenvalue weighted by Gasteiger charge is -2.03. The van der Waals surface area contributed by atoms with Gasteiger partial charge in [0.15, 0.2) is 0 Å². The number of allylic oxidation sites excluding steroid dienone is 1. The zero-order valence-electron chi connectivity index (χ0n) is 7.22.